The molecular formula is C12H18N4. The van der Waals surface area contributed by atoms with Gasteiger partial charge in [0.25, 0.3) is 0 Å². The van der Waals surface area contributed by atoms with E-state index in [4.69, 9.17) is 5.26 Å². The van der Waals surface area contributed by atoms with Crippen LogP contribution >= 0.6 is 0 Å². The molecule has 0 aliphatic rings. The van der Waals surface area contributed by atoms with Crippen LogP contribution in [0.5, 0.6) is 0 Å². The zero-order chi connectivity index (χ0) is 11.8. The number of nitrogens with zero attached hydrogens (tertiary/aromatic N) is 4. The first-order valence-corrected chi connectivity index (χ1v) is 5.63. The highest BCUT2D eigenvalue weighted by atomic mass is 15.2. The number of rotatable bonds is 6. The van der Waals surface area contributed by atoms with E-state index in [-0.39, 0.29) is 0 Å². The lowest BCUT2D eigenvalue weighted by Crippen LogP contribution is -2.28. The number of anilines is 1. The molecule has 0 aliphatic carbocycles. The zero-order valence-electron chi connectivity index (χ0n) is 9.93. The molecule has 0 atom stereocenters. The third-order valence-corrected chi connectivity index (χ3v) is 2.30. The first-order valence-electron chi connectivity index (χ1n) is 5.63. The third kappa shape index (κ3) is 4.26. The van der Waals surface area contributed by atoms with Gasteiger partial charge in [0.2, 0.25) is 5.95 Å². The molecule has 0 fully saturated rings. The first-order chi connectivity index (χ1) is 7.74. The highest BCUT2D eigenvalue weighted by molar-refractivity contribution is 5.28. The Labute approximate surface area is 96.9 Å². The van der Waals surface area contributed by atoms with Gasteiger partial charge < -0.3 is 4.90 Å². The summed E-state index contributed by atoms with van der Waals surface area (Å²) in [6, 6.07) is 3.96. The summed E-state index contributed by atoms with van der Waals surface area (Å²) < 4.78 is 0. The number of hydrogen-bond acceptors (Lipinski definition) is 4. The normalized spacial score (nSPS) is 10.1. The summed E-state index contributed by atoms with van der Waals surface area (Å²) >= 11 is 0. The smallest absolute Gasteiger partial charge is 0.225 e. The maximum Gasteiger partial charge on any atom is 0.225 e. The molecule has 1 aromatic rings. The van der Waals surface area contributed by atoms with Crippen LogP contribution in [0.15, 0.2) is 18.5 Å². The van der Waals surface area contributed by atoms with E-state index in [0.717, 1.165) is 18.9 Å². The Bertz CT molecular complexity index is 329. The van der Waals surface area contributed by atoms with Crippen molar-refractivity contribution in [2.75, 3.05) is 18.0 Å². The maximum absolute atomic E-state index is 8.62. The van der Waals surface area contributed by atoms with Crippen molar-refractivity contribution in [3.63, 3.8) is 0 Å². The molecule has 0 aromatic carbocycles. The van der Waals surface area contributed by atoms with Gasteiger partial charge in [-0.1, -0.05) is 13.8 Å². The van der Waals surface area contributed by atoms with E-state index in [1.807, 2.05) is 0 Å². The highest BCUT2D eigenvalue weighted by Gasteiger charge is 2.08. The summed E-state index contributed by atoms with van der Waals surface area (Å²) in [6.07, 6.45) is 5.06. The van der Waals surface area contributed by atoms with Gasteiger partial charge in [0, 0.05) is 25.5 Å². The minimum atomic E-state index is 0.510. The third-order valence-electron chi connectivity index (χ3n) is 2.30. The van der Waals surface area contributed by atoms with Gasteiger partial charge in [-0.05, 0) is 18.4 Å². The second kappa shape index (κ2) is 6.78. The maximum atomic E-state index is 8.62. The SMILES string of the molecule is CC(C)CCN(CCC#N)c1ncccn1. The molecule has 0 spiro atoms. The fourth-order valence-corrected chi connectivity index (χ4v) is 1.37. The van der Waals surface area contributed by atoms with Crippen molar-refractivity contribution in [1.82, 2.24) is 9.97 Å². The molecule has 1 rings (SSSR count). The van der Waals surface area contributed by atoms with Gasteiger partial charge in [0.15, 0.2) is 0 Å². The van der Waals surface area contributed by atoms with Crippen molar-refractivity contribution in [3.05, 3.63) is 18.5 Å². The summed E-state index contributed by atoms with van der Waals surface area (Å²) in [4.78, 5) is 10.5. The second-order valence-electron chi connectivity index (χ2n) is 4.13. The molecule has 1 aromatic heterocycles. The van der Waals surface area contributed by atoms with E-state index in [1.165, 1.54) is 0 Å². The first kappa shape index (κ1) is 12.4. The Balaban J connectivity index is 2.60. The fraction of sp³-hybridized carbons (Fsp3) is 0.583. The van der Waals surface area contributed by atoms with Crippen molar-refractivity contribution in [1.29, 1.82) is 5.26 Å². The van der Waals surface area contributed by atoms with Crippen LogP contribution in [0.2, 0.25) is 0 Å². The molecule has 0 N–H and O–H groups in total. The zero-order valence-corrected chi connectivity index (χ0v) is 9.93. The van der Waals surface area contributed by atoms with E-state index >= 15 is 0 Å². The van der Waals surface area contributed by atoms with E-state index < -0.39 is 0 Å². The van der Waals surface area contributed by atoms with E-state index in [0.29, 0.717) is 18.9 Å². The van der Waals surface area contributed by atoms with Crippen molar-refractivity contribution in [2.24, 2.45) is 5.92 Å². The van der Waals surface area contributed by atoms with Gasteiger partial charge in [-0.3, -0.25) is 0 Å². The van der Waals surface area contributed by atoms with Gasteiger partial charge in [-0.2, -0.15) is 5.26 Å². The molecule has 1 heterocycles. The molecule has 86 valence electrons. The minimum absolute atomic E-state index is 0.510. The van der Waals surface area contributed by atoms with E-state index in [1.54, 1.807) is 18.5 Å². The number of nitriles is 1. The van der Waals surface area contributed by atoms with Crippen LogP contribution in [0.3, 0.4) is 0 Å². The van der Waals surface area contributed by atoms with Crippen LogP contribution in [-0.4, -0.2) is 23.1 Å². The Morgan fingerprint density at radius 3 is 2.56 bits per heavy atom. The highest BCUT2D eigenvalue weighted by Crippen LogP contribution is 2.09. The fourth-order valence-electron chi connectivity index (χ4n) is 1.37. The lowest BCUT2D eigenvalue weighted by atomic mass is 10.1. The molecular weight excluding hydrogens is 200 g/mol. The average Bonchev–Trinajstić information content (AvgIpc) is 2.30. The van der Waals surface area contributed by atoms with Gasteiger partial charge in [-0.25, -0.2) is 9.97 Å². The molecule has 0 radical (unpaired) electrons. The Morgan fingerprint density at radius 2 is 2.00 bits per heavy atom. The van der Waals surface area contributed by atoms with Gasteiger partial charge in [0.05, 0.1) is 12.5 Å². The summed E-state index contributed by atoms with van der Waals surface area (Å²) in [6.45, 7) is 5.99. The van der Waals surface area contributed by atoms with Crippen molar-refractivity contribution >= 4 is 5.95 Å². The predicted molar refractivity (Wildman–Crippen MR) is 63.9 cm³/mol. The van der Waals surface area contributed by atoms with Crippen molar-refractivity contribution in [2.45, 2.75) is 26.7 Å². The van der Waals surface area contributed by atoms with E-state index in [9.17, 15) is 0 Å². The largest absolute Gasteiger partial charge is 0.340 e. The molecule has 4 nitrogen and oxygen atoms in total. The summed E-state index contributed by atoms with van der Waals surface area (Å²) in [7, 11) is 0. The Kier molecular flexibility index (Phi) is 5.27. The van der Waals surface area contributed by atoms with E-state index in [2.05, 4.69) is 34.8 Å². The van der Waals surface area contributed by atoms with Gasteiger partial charge in [-0.15, -0.1) is 0 Å². The minimum Gasteiger partial charge on any atom is -0.340 e. The van der Waals surface area contributed by atoms with Crippen LogP contribution in [0, 0.1) is 17.2 Å². The van der Waals surface area contributed by atoms with Crippen LogP contribution in [0.1, 0.15) is 26.7 Å². The predicted octanol–water partition coefficient (Wildman–Crippen LogP) is 2.24. The quantitative estimate of drug-likeness (QED) is 0.734. The molecule has 0 saturated heterocycles. The molecule has 0 saturated carbocycles. The second-order valence-corrected chi connectivity index (χ2v) is 4.13. The Morgan fingerprint density at radius 1 is 1.31 bits per heavy atom. The number of aromatic nitrogens is 2. The summed E-state index contributed by atoms with van der Waals surface area (Å²) in [5.74, 6) is 1.37. The van der Waals surface area contributed by atoms with Gasteiger partial charge >= 0.3 is 0 Å². The molecule has 0 bridgehead atoms. The molecule has 0 unspecified atom stereocenters. The topological polar surface area (TPSA) is 52.8 Å². The van der Waals surface area contributed by atoms with Crippen molar-refractivity contribution in [3.8, 4) is 6.07 Å². The average molecular weight is 218 g/mol. The summed E-state index contributed by atoms with van der Waals surface area (Å²) in [5, 5.41) is 8.62. The van der Waals surface area contributed by atoms with Crippen LogP contribution in [0.25, 0.3) is 0 Å². The van der Waals surface area contributed by atoms with Crippen LogP contribution in [-0.2, 0) is 0 Å². The monoisotopic (exact) mass is 218 g/mol. The lowest BCUT2D eigenvalue weighted by Gasteiger charge is -2.22. The molecule has 4 heteroatoms. The van der Waals surface area contributed by atoms with Gasteiger partial charge in [0.1, 0.15) is 0 Å². The lowest BCUT2D eigenvalue weighted by molar-refractivity contribution is 0.568. The van der Waals surface area contributed by atoms with Crippen LogP contribution in [0.4, 0.5) is 5.95 Å². The summed E-state index contributed by atoms with van der Waals surface area (Å²) in [5.41, 5.74) is 0. The standard InChI is InChI=1S/C12H18N4/c1-11(2)5-10-16(9-3-6-13)12-14-7-4-8-15-12/h4,7-8,11H,3,5,9-10H2,1-2H3. The Hall–Kier alpha value is -1.63. The molecule has 16 heavy (non-hydrogen) atoms. The van der Waals surface area contributed by atoms with Crippen molar-refractivity contribution < 1.29 is 0 Å². The molecule has 0 amide bonds. The molecule has 0 aliphatic heterocycles. The number of hydrogen-bond donors (Lipinski definition) is 0. The van der Waals surface area contributed by atoms with Crippen LogP contribution < -0.4 is 4.90 Å².